The molecule has 1 atom stereocenters. The number of rotatable bonds is 4. The molecule has 0 saturated heterocycles. The predicted octanol–water partition coefficient (Wildman–Crippen LogP) is 5.92. The molecule has 7 heteroatoms. The molecule has 3 aromatic rings. The number of anilines is 1. The summed E-state index contributed by atoms with van der Waals surface area (Å²) in [5.41, 5.74) is 8.47. The van der Waals surface area contributed by atoms with E-state index in [1.807, 2.05) is 50.6 Å². The van der Waals surface area contributed by atoms with Crippen molar-refractivity contribution in [3.8, 4) is 5.69 Å². The molecule has 2 heterocycles. The number of carbonyl (C=O) groups is 1. The molecular formula is C25H26BrN5O. The first kappa shape index (κ1) is 22.1. The van der Waals surface area contributed by atoms with Gasteiger partial charge in [-0.1, -0.05) is 22.0 Å². The molecule has 6 nitrogen and oxygen atoms in total. The summed E-state index contributed by atoms with van der Waals surface area (Å²) in [6.45, 7) is 11.9. The number of hydrogen-bond acceptors (Lipinski definition) is 4. The highest BCUT2D eigenvalue weighted by atomic mass is 79.9. The number of hydrazone groups is 1. The van der Waals surface area contributed by atoms with E-state index in [2.05, 4.69) is 58.2 Å². The van der Waals surface area contributed by atoms with Gasteiger partial charge in [0.25, 0.3) is 5.91 Å². The molecular weight excluding hydrogens is 466 g/mol. The van der Waals surface area contributed by atoms with Gasteiger partial charge < -0.3 is 0 Å². The molecule has 0 bridgehead atoms. The van der Waals surface area contributed by atoms with Gasteiger partial charge in [0, 0.05) is 10.7 Å². The highest BCUT2D eigenvalue weighted by Gasteiger charge is 2.34. The average molecular weight is 492 g/mol. The number of aliphatic imine (C=N–C) groups is 1. The van der Waals surface area contributed by atoms with Crippen molar-refractivity contribution in [3.63, 3.8) is 0 Å². The third kappa shape index (κ3) is 3.93. The number of carbonyl (C=O) groups excluding carboxylic acids is 1. The second-order valence-electron chi connectivity index (χ2n) is 8.28. The summed E-state index contributed by atoms with van der Waals surface area (Å²) in [5, 5.41) is 10.7. The van der Waals surface area contributed by atoms with Crippen LogP contribution in [0.4, 0.5) is 11.4 Å². The van der Waals surface area contributed by atoms with Crippen LogP contribution in [0, 0.1) is 40.5 Å². The molecule has 1 aromatic heterocycles. The van der Waals surface area contributed by atoms with Gasteiger partial charge in [-0.25, -0.2) is 4.68 Å². The topological polar surface area (TPSA) is 62.9 Å². The summed E-state index contributed by atoms with van der Waals surface area (Å²) >= 11 is 3.47. The van der Waals surface area contributed by atoms with Crippen LogP contribution in [-0.2, 0) is 4.79 Å². The highest BCUT2D eigenvalue weighted by molar-refractivity contribution is 9.10. The van der Waals surface area contributed by atoms with Crippen LogP contribution in [0.3, 0.4) is 0 Å². The van der Waals surface area contributed by atoms with Gasteiger partial charge in [0.2, 0.25) is 0 Å². The number of amides is 1. The van der Waals surface area contributed by atoms with Gasteiger partial charge in [0.1, 0.15) is 11.6 Å². The van der Waals surface area contributed by atoms with Crippen LogP contribution in [0.15, 0.2) is 51.0 Å². The summed E-state index contributed by atoms with van der Waals surface area (Å²) in [6, 6.07) is 12.1. The summed E-state index contributed by atoms with van der Waals surface area (Å²) in [5.74, 6) is -0.602. The Hall–Kier alpha value is -3.06. The number of halogens is 1. The zero-order valence-electron chi connectivity index (χ0n) is 19.1. The zero-order chi connectivity index (χ0) is 23.2. The molecule has 1 amide bonds. The van der Waals surface area contributed by atoms with E-state index in [1.165, 1.54) is 16.1 Å². The van der Waals surface area contributed by atoms with E-state index in [0.717, 1.165) is 44.2 Å². The van der Waals surface area contributed by atoms with Gasteiger partial charge in [-0.2, -0.15) is 15.2 Å². The fourth-order valence-electron chi connectivity index (χ4n) is 3.86. The standard InChI is InChI=1S/C25H26BrN5O/c1-14-7-9-21(12-15(14)2)30-19(6)24(18(5)29-30)27-13-22-17(4)28-31(25(22)32)23-10-8-20(26)11-16(23)3/h7-13,22H,1-6H3. The Balaban J connectivity index is 1.62. The lowest BCUT2D eigenvalue weighted by molar-refractivity contribution is -0.118. The Morgan fingerprint density at radius 2 is 1.72 bits per heavy atom. The van der Waals surface area contributed by atoms with Crippen molar-refractivity contribution in [3.05, 3.63) is 68.9 Å². The summed E-state index contributed by atoms with van der Waals surface area (Å²) in [7, 11) is 0. The van der Waals surface area contributed by atoms with Gasteiger partial charge in [-0.05, 0) is 88.6 Å². The van der Waals surface area contributed by atoms with Crippen LogP contribution < -0.4 is 5.01 Å². The van der Waals surface area contributed by atoms with Crippen molar-refractivity contribution < 1.29 is 4.79 Å². The van der Waals surface area contributed by atoms with E-state index >= 15 is 0 Å². The molecule has 1 aliphatic heterocycles. The summed E-state index contributed by atoms with van der Waals surface area (Å²) in [6.07, 6.45) is 1.69. The first-order valence-electron chi connectivity index (χ1n) is 10.5. The van der Waals surface area contributed by atoms with E-state index in [9.17, 15) is 4.79 Å². The fraction of sp³-hybridized carbons (Fsp3) is 0.280. The number of benzene rings is 2. The molecule has 32 heavy (non-hydrogen) atoms. The Morgan fingerprint density at radius 3 is 2.41 bits per heavy atom. The molecule has 1 aliphatic rings. The second-order valence-corrected chi connectivity index (χ2v) is 9.19. The Morgan fingerprint density at radius 1 is 0.969 bits per heavy atom. The minimum atomic E-state index is -0.498. The van der Waals surface area contributed by atoms with Gasteiger partial charge >= 0.3 is 0 Å². The molecule has 1 unspecified atom stereocenters. The minimum Gasteiger partial charge on any atom is -0.271 e. The predicted molar refractivity (Wildman–Crippen MR) is 134 cm³/mol. The maximum atomic E-state index is 13.1. The third-order valence-corrected chi connectivity index (χ3v) is 6.40. The first-order valence-corrected chi connectivity index (χ1v) is 11.3. The number of aromatic nitrogens is 2. The number of nitrogens with zero attached hydrogens (tertiary/aromatic N) is 5. The van der Waals surface area contributed by atoms with Crippen LogP contribution in [-0.4, -0.2) is 27.6 Å². The van der Waals surface area contributed by atoms with Crippen LogP contribution in [0.2, 0.25) is 0 Å². The average Bonchev–Trinajstić information content (AvgIpc) is 3.17. The van der Waals surface area contributed by atoms with Gasteiger partial charge in [0.15, 0.2) is 0 Å². The quantitative estimate of drug-likeness (QED) is 0.425. The molecule has 0 saturated carbocycles. The molecule has 4 rings (SSSR count). The molecule has 0 fully saturated rings. The van der Waals surface area contributed by atoms with E-state index < -0.39 is 5.92 Å². The van der Waals surface area contributed by atoms with Crippen molar-refractivity contribution in [2.75, 3.05) is 5.01 Å². The fourth-order valence-corrected chi connectivity index (χ4v) is 4.34. The monoisotopic (exact) mass is 491 g/mol. The van der Waals surface area contributed by atoms with Crippen molar-refractivity contribution >= 4 is 45.1 Å². The van der Waals surface area contributed by atoms with E-state index in [4.69, 9.17) is 4.99 Å². The normalized spacial score (nSPS) is 16.3. The van der Waals surface area contributed by atoms with E-state index in [0.29, 0.717) is 0 Å². The molecule has 0 spiro atoms. The lowest BCUT2D eigenvalue weighted by Gasteiger charge is -2.15. The van der Waals surface area contributed by atoms with Gasteiger partial charge in [-0.3, -0.25) is 9.79 Å². The smallest absolute Gasteiger partial charge is 0.261 e. The van der Waals surface area contributed by atoms with E-state index in [1.54, 1.807) is 6.21 Å². The summed E-state index contributed by atoms with van der Waals surface area (Å²) in [4.78, 5) is 17.8. The Bertz CT molecular complexity index is 1290. The van der Waals surface area contributed by atoms with Crippen molar-refractivity contribution in [2.24, 2.45) is 16.0 Å². The molecule has 0 radical (unpaired) electrons. The molecule has 164 valence electrons. The largest absolute Gasteiger partial charge is 0.271 e. The van der Waals surface area contributed by atoms with Crippen LogP contribution in [0.1, 0.15) is 35.0 Å². The number of hydrogen-bond donors (Lipinski definition) is 0. The van der Waals surface area contributed by atoms with Crippen molar-refractivity contribution in [1.29, 1.82) is 0 Å². The summed E-state index contributed by atoms with van der Waals surface area (Å²) < 4.78 is 2.87. The molecule has 0 aliphatic carbocycles. The molecule has 2 aromatic carbocycles. The highest BCUT2D eigenvalue weighted by Crippen LogP contribution is 2.30. The van der Waals surface area contributed by atoms with Gasteiger partial charge in [0.05, 0.1) is 28.5 Å². The molecule has 0 N–H and O–H groups in total. The van der Waals surface area contributed by atoms with Crippen molar-refractivity contribution in [2.45, 2.75) is 41.5 Å². The zero-order valence-corrected chi connectivity index (χ0v) is 20.7. The second kappa shape index (κ2) is 8.47. The van der Waals surface area contributed by atoms with Crippen LogP contribution in [0.25, 0.3) is 5.69 Å². The number of aryl methyl sites for hydroxylation is 4. The maximum absolute atomic E-state index is 13.1. The van der Waals surface area contributed by atoms with Gasteiger partial charge in [-0.15, -0.1) is 0 Å². The SMILES string of the molecule is CC1=NN(c2ccc(Br)cc2C)C(=O)C1C=Nc1c(C)nn(-c2ccc(C)c(C)c2)c1C. The Kier molecular flexibility index (Phi) is 5.86. The van der Waals surface area contributed by atoms with Crippen LogP contribution >= 0.6 is 15.9 Å². The Labute approximate surface area is 196 Å². The lowest BCUT2D eigenvalue weighted by Crippen LogP contribution is -2.28. The maximum Gasteiger partial charge on any atom is 0.261 e. The minimum absolute atomic E-state index is 0.103. The van der Waals surface area contributed by atoms with Crippen molar-refractivity contribution in [1.82, 2.24) is 9.78 Å². The lowest BCUT2D eigenvalue weighted by atomic mass is 10.1. The van der Waals surface area contributed by atoms with E-state index in [-0.39, 0.29) is 5.91 Å². The van der Waals surface area contributed by atoms with Crippen LogP contribution in [0.5, 0.6) is 0 Å². The third-order valence-electron chi connectivity index (χ3n) is 5.91. The first-order chi connectivity index (χ1) is 15.2.